The number of aliphatic hydroxyl groups excluding tert-OH is 1. The van der Waals surface area contributed by atoms with E-state index >= 15 is 0 Å². The average molecular weight is 525 g/mol. The maximum Gasteiger partial charge on any atom is 0.329 e. The summed E-state index contributed by atoms with van der Waals surface area (Å²) in [5.41, 5.74) is 1.23. The van der Waals surface area contributed by atoms with E-state index in [2.05, 4.69) is 10.2 Å². The van der Waals surface area contributed by atoms with E-state index in [1.54, 1.807) is 38.1 Å². The molecule has 0 radical (unpaired) electrons. The summed E-state index contributed by atoms with van der Waals surface area (Å²) in [4.78, 5) is 28.3. The number of halogens is 3. The Balaban J connectivity index is 1.46. The van der Waals surface area contributed by atoms with Gasteiger partial charge in [-0.1, -0.05) is 34.8 Å². The second-order valence-electron chi connectivity index (χ2n) is 9.51. The number of rotatable bonds is 4. The molecule has 2 aromatic carbocycles. The van der Waals surface area contributed by atoms with Crippen LogP contribution in [0.25, 0.3) is 0 Å². The van der Waals surface area contributed by atoms with Gasteiger partial charge in [0, 0.05) is 28.7 Å². The lowest BCUT2D eigenvalue weighted by atomic mass is 10.1. The van der Waals surface area contributed by atoms with Gasteiger partial charge in [0.05, 0.1) is 22.9 Å². The number of carbonyl (C=O) groups excluding carboxylic acids is 2. The van der Waals surface area contributed by atoms with Crippen LogP contribution in [0.1, 0.15) is 37.5 Å². The molecule has 0 unspecified atom stereocenters. The van der Waals surface area contributed by atoms with E-state index in [1.807, 2.05) is 6.07 Å². The number of ether oxygens (including phenoxy) is 1. The number of hydrogen-bond acceptors (Lipinski definition) is 5. The van der Waals surface area contributed by atoms with E-state index in [0.717, 1.165) is 22.6 Å². The molecule has 0 aromatic heterocycles. The number of β-amino-alcohol motifs (C(OH)–C–C–N with tert-alkyl or cyclic N) is 1. The van der Waals surface area contributed by atoms with Crippen LogP contribution in [0.2, 0.25) is 15.1 Å². The molecule has 0 saturated carbocycles. The van der Waals surface area contributed by atoms with Crippen molar-refractivity contribution < 1.29 is 19.4 Å². The van der Waals surface area contributed by atoms with Gasteiger partial charge in [-0.2, -0.15) is 0 Å². The molecule has 2 aliphatic heterocycles. The van der Waals surface area contributed by atoms with Crippen LogP contribution < -0.4 is 15.0 Å². The highest BCUT2D eigenvalue weighted by atomic mass is 35.5. The van der Waals surface area contributed by atoms with Crippen molar-refractivity contribution in [2.45, 2.75) is 50.5 Å². The fourth-order valence-corrected chi connectivity index (χ4v) is 5.80. The molecule has 3 atom stereocenters. The summed E-state index contributed by atoms with van der Waals surface area (Å²) in [6, 6.07) is 7.87. The van der Waals surface area contributed by atoms with Gasteiger partial charge in [-0.15, -0.1) is 0 Å². The monoisotopic (exact) mass is 523 g/mol. The zero-order valence-electron chi connectivity index (χ0n) is 18.6. The Labute approximate surface area is 212 Å². The Morgan fingerprint density at radius 1 is 1.12 bits per heavy atom. The minimum Gasteiger partial charge on any atom is -0.482 e. The second kappa shape index (κ2) is 8.57. The molecule has 2 heterocycles. The number of carbonyl (C=O) groups is 2. The molecule has 2 N–H and O–H groups in total. The van der Waals surface area contributed by atoms with Crippen LogP contribution in [0.5, 0.6) is 5.75 Å². The van der Waals surface area contributed by atoms with Crippen LogP contribution in [0.15, 0.2) is 30.3 Å². The van der Waals surface area contributed by atoms with Gasteiger partial charge in [0.2, 0.25) is 0 Å². The molecular weight excluding hydrogens is 501 g/mol. The average Bonchev–Trinajstić information content (AvgIpc) is 3.38. The molecule has 0 bridgehead atoms. The van der Waals surface area contributed by atoms with Gasteiger partial charge < -0.3 is 15.2 Å². The number of anilines is 1. The number of benzene rings is 2. The van der Waals surface area contributed by atoms with Crippen LogP contribution in [-0.2, 0) is 11.2 Å². The van der Waals surface area contributed by atoms with Crippen molar-refractivity contribution in [1.82, 2.24) is 10.2 Å². The highest BCUT2D eigenvalue weighted by molar-refractivity contribution is 6.35. The molecular formula is C24H24Cl3N3O4. The van der Waals surface area contributed by atoms with Crippen LogP contribution in [-0.4, -0.2) is 52.7 Å². The maximum atomic E-state index is 12.6. The molecule has 3 aliphatic rings. The Kier molecular flexibility index (Phi) is 5.97. The van der Waals surface area contributed by atoms with Gasteiger partial charge in [-0.25, -0.2) is 9.69 Å². The highest BCUT2D eigenvalue weighted by Crippen LogP contribution is 2.45. The summed E-state index contributed by atoms with van der Waals surface area (Å²) in [6.07, 6.45) is 0.581. The Hall–Kier alpha value is -2.03. The molecule has 34 heavy (non-hydrogen) atoms. The first-order valence-electron chi connectivity index (χ1n) is 11.1. The van der Waals surface area contributed by atoms with E-state index < -0.39 is 17.7 Å². The number of likely N-dealkylation sites (tertiary alicyclic amines) is 1. The van der Waals surface area contributed by atoms with Gasteiger partial charge in [-0.3, -0.25) is 9.69 Å². The number of nitrogens with one attached hydrogen (secondary N) is 1. The lowest BCUT2D eigenvalue weighted by Crippen LogP contribution is -2.40. The number of hydrogen-bond donors (Lipinski definition) is 2. The zero-order chi connectivity index (χ0) is 24.4. The molecule has 180 valence electrons. The number of nitrogens with zero attached hydrogens (tertiary/aromatic N) is 2. The largest absolute Gasteiger partial charge is 0.482 e. The predicted octanol–water partition coefficient (Wildman–Crippen LogP) is 4.59. The highest BCUT2D eigenvalue weighted by Gasteiger charge is 2.45. The van der Waals surface area contributed by atoms with Crippen molar-refractivity contribution in [1.29, 1.82) is 0 Å². The minimum atomic E-state index is -0.988. The van der Waals surface area contributed by atoms with E-state index in [4.69, 9.17) is 39.5 Å². The van der Waals surface area contributed by atoms with Crippen molar-refractivity contribution in [3.05, 3.63) is 56.5 Å². The van der Waals surface area contributed by atoms with Gasteiger partial charge in [0.1, 0.15) is 17.4 Å². The molecule has 10 heteroatoms. The fourth-order valence-electron chi connectivity index (χ4n) is 4.99. The number of urea groups is 1. The molecule has 0 spiro atoms. The van der Waals surface area contributed by atoms with E-state index in [1.165, 1.54) is 0 Å². The molecule has 2 saturated heterocycles. The maximum absolute atomic E-state index is 12.6. The number of imide groups is 1. The summed E-state index contributed by atoms with van der Waals surface area (Å²) >= 11 is 19.4. The lowest BCUT2D eigenvalue weighted by molar-refractivity contribution is -0.121. The minimum absolute atomic E-state index is 0.0504. The van der Waals surface area contributed by atoms with Gasteiger partial charge in [-0.05, 0) is 62.6 Å². The van der Waals surface area contributed by atoms with Crippen LogP contribution in [0.3, 0.4) is 0 Å². The van der Waals surface area contributed by atoms with Gasteiger partial charge >= 0.3 is 6.03 Å². The van der Waals surface area contributed by atoms with E-state index in [9.17, 15) is 14.7 Å². The molecule has 5 rings (SSSR count). The molecule has 3 amide bonds. The summed E-state index contributed by atoms with van der Waals surface area (Å²) in [6.45, 7) is 4.60. The normalized spacial score (nSPS) is 26.2. The summed E-state index contributed by atoms with van der Waals surface area (Å²) in [5, 5.41) is 14.1. The standard InChI is InChI=1S/C24H24Cl3N3O4/c1-24(2)22(32)30(23(33)28-24)13-3-4-20(18(27)9-13)34-21-16-7-12(25)8-17(26)15(16)10-19(21)29-6-5-14(31)11-29/h3-4,7-9,14,19,21,31H,5-6,10-11H2,1-2H3,(H,28,33)/t14-,19-,21+/m1/s1. The molecule has 1 aliphatic carbocycles. The first kappa shape index (κ1) is 23.7. The molecule has 2 aromatic rings. The van der Waals surface area contributed by atoms with E-state index in [0.29, 0.717) is 40.9 Å². The van der Waals surface area contributed by atoms with Crippen molar-refractivity contribution in [3.63, 3.8) is 0 Å². The van der Waals surface area contributed by atoms with Crippen molar-refractivity contribution in [2.24, 2.45) is 0 Å². The lowest BCUT2D eigenvalue weighted by Gasteiger charge is -2.30. The third-order valence-corrected chi connectivity index (χ3v) is 7.57. The summed E-state index contributed by atoms with van der Waals surface area (Å²) in [5.74, 6) is 0.0549. The molecule has 2 fully saturated rings. The number of aliphatic hydroxyl groups is 1. The third-order valence-electron chi connectivity index (χ3n) is 6.72. The second-order valence-corrected chi connectivity index (χ2v) is 10.8. The van der Waals surface area contributed by atoms with Crippen molar-refractivity contribution in [2.75, 3.05) is 18.0 Å². The zero-order valence-corrected chi connectivity index (χ0v) is 20.9. The SMILES string of the molecule is CC1(C)NC(=O)N(c2ccc(O[C@H]3c4cc(Cl)cc(Cl)c4C[C@H]3N3CC[C@@H](O)C3)c(Cl)c2)C1=O. The topological polar surface area (TPSA) is 82.1 Å². The first-order chi connectivity index (χ1) is 16.0. The van der Waals surface area contributed by atoms with E-state index in [-0.39, 0.29) is 23.1 Å². The van der Waals surface area contributed by atoms with Gasteiger partial charge in [0.15, 0.2) is 0 Å². The third kappa shape index (κ3) is 4.03. The fraction of sp³-hybridized carbons (Fsp3) is 0.417. The Morgan fingerprint density at radius 2 is 1.88 bits per heavy atom. The van der Waals surface area contributed by atoms with Crippen LogP contribution in [0.4, 0.5) is 10.5 Å². The van der Waals surface area contributed by atoms with Crippen molar-refractivity contribution >= 4 is 52.4 Å². The molecule has 7 nitrogen and oxygen atoms in total. The Morgan fingerprint density at radius 3 is 2.50 bits per heavy atom. The quantitative estimate of drug-likeness (QED) is 0.572. The summed E-state index contributed by atoms with van der Waals surface area (Å²) < 4.78 is 6.44. The number of fused-ring (bicyclic) bond motifs is 1. The van der Waals surface area contributed by atoms with Crippen LogP contribution >= 0.6 is 34.8 Å². The predicted molar refractivity (Wildman–Crippen MR) is 131 cm³/mol. The van der Waals surface area contributed by atoms with Gasteiger partial charge in [0.25, 0.3) is 5.91 Å². The Bertz CT molecular complexity index is 1190. The first-order valence-corrected chi connectivity index (χ1v) is 12.2. The van der Waals surface area contributed by atoms with Crippen molar-refractivity contribution in [3.8, 4) is 5.75 Å². The summed E-state index contributed by atoms with van der Waals surface area (Å²) in [7, 11) is 0. The van der Waals surface area contributed by atoms with Crippen LogP contribution in [0, 0.1) is 0 Å². The number of amides is 3. The smallest absolute Gasteiger partial charge is 0.329 e.